The van der Waals surface area contributed by atoms with E-state index in [0.717, 1.165) is 49.4 Å². The number of amides is 1. The van der Waals surface area contributed by atoms with Crippen LogP contribution in [0.3, 0.4) is 0 Å². The Kier molecular flexibility index (Phi) is 7.91. The fraction of sp³-hybridized carbons (Fsp3) is 0.346. The van der Waals surface area contributed by atoms with Crippen LogP contribution in [0.2, 0.25) is 5.02 Å². The molecule has 0 radical (unpaired) electrons. The molecule has 5 nitrogen and oxygen atoms in total. The fourth-order valence-electron chi connectivity index (χ4n) is 4.39. The molecule has 1 aromatic heterocycles. The Bertz CT molecular complexity index is 1060. The first-order chi connectivity index (χ1) is 16.0. The fourth-order valence-corrected chi connectivity index (χ4v) is 4.84. The van der Waals surface area contributed by atoms with E-state index in [1.807, 2.05) is 24.3 Å². The average molecular weight is 481 g/mol. The van der Waals surface area contributed by atoms with E-state index in [9.17, 15) is 4.79 Å². The number of nitrogens with zero attached hydrogens (tertiary/aromatic N) is 2. The Labute approximate surface area is 205 Å². The molecular formula is C26H29ClN4OS. The van der Waals surface area contributed by atoms with Crippen molar-refractivity contribution in [1.29, 1.82) is 0 Å². The summed E-state index contributed by atoms with van der Waals surface area (Å²) >= 11 is 11.5. The zero-order chi connectivity index (χ0) is 23.2. The van der Waals surface area contributed by atoms with E-state index < -0.39 is 0 Å². The number of carbonyl (C=O) groups is 1. The lowest BCUT2D eigenvalue weighted by atomic mass is 9.92. The third kappa shape index (κ3) is 6.08. The molecule has 1 aliphatic carbocycles. The van der Waals surface area contributed by atoms with Crippen LogP contribution in [0, 0.1) is 5.92 Å². The minimum Gasteiger partial charge on any atom is -0.384 e. The number of thiocarbonyl (C=S) groups is 1. The quantitative estimate of drug-likeness (QED) is 0.494. The van der Waals surface area contributed by atoms with Crippen molar-refractivity contribution >= 4 is 46.1 Å². The molecule has 1 fully saturated rings. The van der Waals surface area contributed by atoms with E-state index in [1.165, 1.54) is 11.8 Å². The molecule has 1 unspecified atom stereocenters. The smallest absolute Gasteiger partial charge is 0.258 e. The number of allylic oxidation sites excluding steroid dienone is 3. The predicted octanol–water partition coefficient (Wildman–Crippen LogP) is 5.76. The van der Waals surface area contributed by atoms with Gasteiger partial charge in [0.15, 0.2) is 0 Å². The maximum atomic E-state index is 12.8. The van der Waals surface area contributed by atoms with E-state index in [-0.39, 0.29) is 5.91 Å². The number of pyridine rings is 1. The van der Waals surface area contributed by atoms with Crippen LogP contribution >= 0.6 is 23.8 Å². The Morgan fingerprint density at radius 2 is 2.03 bits per heavy atom. The summed E-state index contributed by atoms with van der Waals surface area (Å²) < 4.78 is 0. The van der Waals surface area contributed by atoms with Crippen LogP contribution in [-0.4, -0.2) is 46.3 Å². The number of para-hydroxylation sites is 1. The third-order valence-electron chi connectivity index (χ3n) is 6.41. The van der Waals surface area contributed by atoms with Crippen molar-refractivity contribution in [2.45, 2.75) is 32.2 Å². The molecule has 1 amide bonds. The number of aromatic nitrogens is 1. The van der Waals surface area contributed by atoms with E-state index in [1.54, 1.807) is 12.1 Å². The van der Waals surface area contributed by atoms with Crippen LogP contribution in [0.4, 0.5) is 11.5 Å². The van der Waals surface area contributed by atoms with E-state index in [4.69, 9.17) is 23.8 Å². The number of halogens is 1. The number of piperidine rings is 1. The van der Waals surface area contributed by atoms with Gasteiger partial charge >= 0.3 is 0 Å². The molecule has 2 heterocycles. The second-order valence-electron chi connectivity index (χ2n) is 8.58. The molecule has 1 saturated heterocycles. The molecule has 2 aromatic rings. The first kappa shape index (κ1) is 23.6. The summed E-state index contributed by atoms with van der Waals surface area (Å²) in [6.07, 6.45) is 11.1. The Balaban J connectivity index is 1.31. The Morgan fingerprint density at radius 1 is 1.24 bits per heavy atom. The maximum absolute atomic E-state index is 12.8. The summed E-state index contributed by atoms with van der Waals surface area (Å²) in [6.45, 7) is 5.22. The van der Waals surface area contributed by atoms with Gasteiger partial charge in [-0.25, -0.2) is 4.98 Å². The van der Waals surface area contributed by atoms with Gasteiger partial charge in [0.05, 0.1) is 10.6 Å². The van der Waals surface area contributed by atoms with Crippen LogP contribution < -0.4 is 10.6 Å². The van der Waals surface area contributed by atoms with Crippen molar-refractivity contribution in [1.82, 2.24) is 9.88 Å². The monoisotopic (exact) mass is 480 g/mol. The molecule has 1 aromatic carbocycles. The van der Waals surface area contributed by atoms with Crippen molar-refractivity contribution in [3.63, 3.8) is 0 Å². The van der Waals surface area contributed by atoms with Crippen LogP contribution in [0.1, 0.15) is 36.5 Å². The van der Waals surface area contributed by atoms with Gasteiger partial charge in [0.1, 0.15) is 5.82 Å². The zero-order valence-corrected chi connectivity index (χ0v) is 20.3. The lowest BCUT2D eigenvalue weighted by Crippen LogP contribution is -2.43. The van der Waals surface area contributed by atoms with Crippen LogP contribution in [0.15, 0.2) is 66.4 Å². The SMILES string of the molecule is CC(C1=CC=CCC1=S)N1CCC(CNc2ccccc2C(=O)Nc2ccc(Cl)cn2)CC1. The predicted molar refractivity (Wildman–Crippen MR) is 140 cm³/mol. The van der Waals surface area contributed by atoms with Gasteiger partial charge < -0.3 is 10.6 Å². The standard InChI is InChI=1S/C26H29ClN4OS/c1-18(21-6-3-5-9-24(21)33)31-14-12-19(13-15-31)16-28-23-8-4-2-7-22(23)26(32)30-25-11-10-20(27)17-29-25/h2-8,10-11,17-19,28H,9,12-16H2,1H3,(H,29,30,32). The number of anilines is 2. The Hall–Kier alpha value is -2.54. The van der Waals surface area contributed by atoms with Crippen molar-refractivity contribution in [3.05, 3.63) is 77.0 Å². The first-order valence-electron chi connectivity index (χ1n) is 11.4. The highest BCUT2D eigenvalue weighted by atomic mass is 35.5. The van der Waals surface area contributed by atoms with Gasteiger partial charge in [0.2, 0.25) is 0 Å². The van der Waals surface area contributed by atoms with E-state index in [2.05, 4.69) is 45.7 Å². The molecule has 0 saturated carbocycles. The number of hydrogen-bond acceptors (Lipinski definition) is 5. The van der Waals surface area contributed by atoms with E-state index >= 15 is 0 Å². The van der Waals surface area contributed by atoms with Gasteiger partial charge in [0.25, 0.3) is 5.91 Å². The second-order valence-corrected chi connectivity index (χ2v) is 9.50. The van der Waals surface area contributed by atoms with Crippen molar-refractivity contribution in [2.24, 2.45) is 5.92 Å². The number of benzene rings is 1. The van der Waals surface area contributed by atoms with E-state index in [0.29, 0.717) is 28.4 Å². The normalized spacial score (nSPS) is 18.0. The third-order valence-corrected chi connectivity index (χ3v) is 7.03. The molecule has 2 aliphatic rings. The summed E-state index contributed by atoms with van der Waals surface area (Å²) in [4.78, 5) is 20.6. The molecule has 1 aliphatic heterocycles. The topological polar surface area (TPSA) is 57.3 Å². The van der Waals surface area contributed by atoms with Crippen molar-refractivity contribution < 1.29 is 4.79 Å². The molecule has 7 heteroatoms. The molecule has 0 spiro atoms. The van der Waals surface area contributed by atoms with Crippen LogP contribution in [-0.2, 0) is 0 Å². The summed E-state index contributed by atoms with van der Waals surface area (Å²) in [5.41, 5.74) is 2.73. The molecule has 4 rings (SSSR count). The average Bonchev–Trinajstić information content (AvgIpc) is 2.84. The van der Waals surface area contributed by atoms with Crippen molar-refractivity contribution in [2.75, 3.05) is 30.3 Å². The summed E-state index contributed by atoms with van der Waals surface area (Å²) in [5, 5.41) is 6.88. The number of hydrogen-bond donors (Lipinski definition) is 2. The van der Waals surface area contributed by atoms with Gasteiger partial charge in [-0.2, -0.15) is 0 Å². The lowest BCUT2D eigenvalue weighted by molar-refractivity contribution is 0.102. The molecule has 1 atom stereocenters. The molecular weight excluding hydrogens is 452 g/mol. The van der Waals surface area contributed by atoms with Gasteiger partial charge in [0, 0.05) is 35.8 Å². The molecule has 2 N–H and O–H groups in total. The maximum Gasteiger partial charge on any atom is 0.258 e. The van der Waals surface area contributed by atoms with Gasteiger partial charge in [-0.3, -0.25) is 9.69 Å². The highest BCUT2D eigenvalue weighted by molar-refractivity contribution is 7.80. The minimum atomic E-state index is -0.192. The van der Waals surface area contributed by atoms with Crippen LogP contribution in [0.25, 0.3) is 0 Å². The van der Waals surface area contributed by atoms with Gasteiger partial charge in [-0.05, 0) is 68.6 Å². The lowest BCUT2D eigenvalue weighted by Gasteiger charge is -2.37. The van der Waals surface area contributed by atoms with Gasteiger partial charge in [-0.15, -0.1) is 0 Å². The summed E-state index contributed by atoms with van der Waals surface area (Å²) in [6, 6.07) is 11.3. The van der Waals surface area contributed by atoms with Crippen molar-refractivity contribution in [3.8, 4) is 0 Å². The molecule has 33 heavy (non-hydrogen) atoms. The first-order valence-corrected chi connectivity index (χ1v) is 12.2. The molecule has 172 valence electrons. The zero-order valence-electron chi connectivity index (χ0n) is 18.8. The number of carbonyl (C=O) groups excluding carboxylic acids is 1. The Morgan fingerprint density at radius 3 is 2.76 bits per heavy atom. The number of nitrogens with one attached hydrogen (secondary N) is 2. The number of rotatable bonds is 7. The van der Waals surface area contributed by atoms with Gasteiger partial charge in [-0.1, -0.05) is 54.2 Å². The summed E-state index contributed by atoms with van der Waals surface area (Å²) in [5.74, 6) is 0.848. The minimum absolute atomic E-state index is 0.192. The highest BCUT2D eigenvalue weighted by Crippen LogP contribution is 2.25. The van der Waals surface area contributed by atoms with Crippen LogP contribution in [0.5, 0.6) is 0 Å². The second kappa shape index (κ2) is 11.1. The largest absolute Gasteiger partial charge is 0.384 e. The summed E-state index contributed by atoms with van der Waals surface area (Å²) in [7, 11) is 0. The highest BCUT2D eigenvalue weighted by Gasteiger charge is 2.26. The molecule has 0 bridgehead atoms. The number of likely N-dealkylation sites (tertiary alicyclic amines) is 1.